The Morgan fingerprint density at radius 3 is 2.47 bits per heavy atom. The molecule has 90 valence electrons. The molecule has 1 heterocycles. The molecular formula is C11H21F2NO. The van der Waals surface area contributed by atoms with Crippen LogP contribution in [-0.4, -0.2) is 36.7 Å². The van der Waals surface area contributed by atoms with Gasteiger partial charge >= 0.3 is 6.61 Å². The summed E-state index contributed by atoms with van der Waals surface area (Å²) in [5.74, 6) is 0.270. The van der Waals surface area contributed by atoms with Crippen LogP contribution in [0.25, 0.3) is 0 Å². The Balaban J connectivity index is 2.39. The van der Waals surface area contributed by atoms with E-state index in [9.17, 15) is 8.78 Å². The molecule has 0 amide bonds. The Morgan fingerprint density at radius 2 is 2.07 bits per heavy atom. The lowest BCUT2D eigenvalue weighted by Gasteiger charge is -2.27. The van der Waals surface area contributed by atoms with Crippen molar-refractivity contribution < 1.29 is 13.5 Å². The van der Waals surface area contributed by atoms with Gasteiger partial charge in [0.15, 0.2) is 0 Å². The number of halogens is 2. The van der Waals surface area contributed by atoms with Gasteiger partial charge in [0.2, 0.25) is 0 Å². The van der Waals surface area contributed by atoms with E-state index in [1.807, 2.05) is 0 Å². The minimum atomic E-state index is -2.63. The lowest BCUT2D eigenvalue weighted by atomic mass is 10.1. The molecule has 0 radical (unpaired) electrons. The molecule has 2 nitrogen and oxygen atoms in total. The van der Waals surface area contributed by atoms with Crippen LogP contribution >= 0.6 is 0 Å². The molecule has 0 aromatic heterocycles. The van der Waals surface area contributed by atoms with E-state index in [0.717, 1.165) is 19.4 Å². The molecule has 0 aliphatic carbocycles. The van der Waals surface area contributed by atoms with Crippen LogP contribution in [-0.2, 0) is 4.74 Å². The summed E-state index contributed by atoms with van der Waals surface area (Å²) in [6.07, 6.45) is 2.07. The van der Waals surface area contributed by atoms with Crippen LogP contribution in [0.2, 0.25) is 0 Å². The third-order valence-electron chi connectivity index (χ3n) is 3.14. The molecule has 0 saturated carbocycles. The van der Waals surface area contributed by atoms with Crippen molar-refractivity contribution in [3.63, 3.8) is 0 Å². The quantitative estimate of drug-likeness (QED) is 0.707. The summed E-state index contributed by atoms with van der Waals surface area (Å²) < 4.78 is 28.2. The highest BCUT2D eigenvalue weighted by Gasteiger charge is 2.32. The van der Waals surface area contributed by atoms with Crippen molar-refractivity contribution in [2.75, 3.05) is 13.2 Å². The minimum Gasteiger partial charge on any atom is -0.323 e. The molecule has 1 aliphatic heterocycles. The van der Waals surface area contributed by atoms with Gasteiger partial charge in [-0.3, -0.25) is 4.90 Å². The smallest absolute Gasteiger partial charge is 0.323 e. The highest BCUT2D eigenvalue weighted by atomic mass is 19.3. The van der Waals surface area contributed by atoms with Crippen molar-refractivity contribution >= 4 is 0 Å². The average Bonchev–Trinajstić information content (AvgIpc) is 2.57. The van der Waals surface area contributed by atoms with Crippen molar-refractivity contribution in [2.24, 2.45) is 5.92 Å². The zero-order chi connectivity index (χ0) is 11.4. The van der Waals surface area contributed by atoms with E-state index in [-0.39, 0.29) is 12.5 Å². The molecule has 0 bridgehead atoms. The Kier molecular flexibility index (Phi) is 4.93. The SMILES string of the molecule is CC[C@@H]1CC(COC(F)F)CN1C(C)C. The topological polar surface area (TPSA) is 12.5 Å². The van der Waals surface area contributed by atoms with Crippen LogP contribution < -0.4 is 0 Å². The maximum Gasteiger partial charge on any atom is 0.345 e. The number of nitrogens with zero attached hydrogens (tertiary/aromatic N) is 1. The van der Waals surface area contributed by atoms with Crippen LogP contribution in [0.3, 0.4) is 0 Å². The average molecular weight is 221 g/mol. The molecule has 4 heteroatoms. The standard InChI is InChI=1S/C11H21F2NO/c1-4-10-5-9(7-15-11(12)13)6-14(10)8(2)3/h8-11H,4-7H2,1-3H3/t9?,10-/m1/s1. The molecule has 0 N–H and O–H groups in total. The molecule has 1 aliphatic rings. The first-order valence-electron chi connectivity index (χ1n) is 5.70. The lowest BCUT2D eigenvalue weighted by molar-refractivity contribution is -0.137. The molecule has 1 fully saturated rings. The zero-order valence-electron chi connectivity index (χ0n) is 9.75. The number of hydrogen-bond donors (Lipinski definition) is 0. The van der Waals surface area contributed by atoms with Crippen molar-refractivity contribution in [1.82, 2.24) is 4.90 Å². The minimum absolute atomic E-state index is 0.192. The predicted molar refractivity (Wildman–Crippen MR) is 56.0 cm³/mol. The van der Waals surface area contributed by atoms with Crippen molar-refractivity contribution in [3.05, 3.63) is 0 Å². The summed E-state index contributed by atoms with van der Waals surface area (Å²) in [6.45, 7) is 4.91. The highest BCUT2D eigenvalue weighted by molar-refractivity contribution is 4.86. The maximum atomic E-state index is 11.9. The first-order chi connectivity index (χ1) is 7.04. The lowest BCUT2D eigenvalue weighted by Crippen LogP contribution is -2.35. The van der Waals surface area contributed by atoms with E-state index in [0.29, 0.717) is 12.1 Å². The third kappa shape index (κ3) is 3.68. The van der Waals surface area contributed by atoms with E-state index in [2.05, 4.69) is 30.4 Å². The third-order valence-corrected chi connectivity index (χ3v) is 3.14. The second-order valence-corrected chi connectivity index (χ2v) is 4.55. The number of alkyl halides is 2. The Hall–Kier alpha value is -0.220. The maximum absolute atomic E-state index is 11.9. The molecule has 15 heavy (non-hydrogen) atoms. The molecule has 2 atom stereocenters. The van der Waals surface area contributed by atoms with Crippen LogP contribution in [0.5, 0.6) is 0 Å². The van der Waals surface area contributed by atoms with Crippen LogP contribution in [0, 0.1) is 5.92 Å². The monoisotopic (exact) mass is 221 g/mol. The number of rotatable bonds is 5. The van der Waals surface area contributed by atoms with Gasteiger partial charge in [0.25, 0.3) is 0 Å². The fourth-order valence-corrected chi connectivity index (χ4v) is 2.41. The Labute approximate surface area is 90.6 Å². The molecule has 1 unspecified atom stereocenters. The van der Waals surface area contributed by atoms with Crippen molar-refractivity contribution in [3.8, 4) is 0 Å². The number of ether oxygens (including phenoxy) is 1. The van der Waals surface area contributed by atoms with E-state index in [1.54, 1.807) is 0 Å². The first-order valence-corrected chi connectivity index (χ1v) is 5.70. The Morgan fingerprint density at radius 1 is 1.40 bits per heavy atom. The van der Waals surface area contributed by atoms with Crippen LogP contribution in [0.15, 0.2) is 0 Å². The molecule has 0 spiro atoms. The molecule has 1 rings (SSSR count). The molecule has 0 aromatic carbocycles. The largest absolute Gasteiger partial charge is 0.345 e. The van der Waals surface area contributed by atoms with Gasteiger partial charge in [-0.25, -0.2) is 0 Å². The zero-order valence-corrected chi connectivity index (χ0v) is 9.75. The second-order valence-electron chi connectivity index (χ2n) is 4.55. The number of hydrogen-bond acceptors (Lipinski definition) is 2. The van der Waals surface area contributed by atoms with E-state index < -0.39 is 6.61 Å². The number of likely N-dealkylation sites (tertiary alicyclic amines) is 1. The molecule has 0 aromatic rings. The highest BCUT2D eigenvalue weighted by Crippen LogP contribution is 2.27. The first kappa shape index (κ1) is 12.8. The summed E-state index contributed by atoms with van der Waals surface area (Å²) in [5.41, 5.74) is 0. The van der Waals surface area contributed by atoms with Gasteiger partial charge in [-0.05, 0) is 32.6 Å². The Bertz CT molecular complexity index is 187. The van der Waals surface area contributed by atoms with Crippen LogP contribution in [0.1, 0.15) is 33.6 Å². The van der Waals surface area contributed by atoms with Gasteiger partial charge in [-0.2, -0.15) is 8.78 Å². The van der Waals surface area contributed by atoms with Gasteiger partial charge in [0.1, 0.15) is 0 Å². The van der Waals surface area contributed by atoms with Gasteiger partial charge in [0, 0.05) is 18.6 Å². The summed E-state index contributed by atoms with van der Waals surface area (Å²) in [4.78, 5) is 2.39. The summed E-state index contributed by atoms with van der Waals surface area (Å²) >= 11 is 0. The van der Waals surface area contributed by atoms with Crippen LogP contribution in [0.4, 0.5) is 8.78 Å². The van der Waals surface area contributed by atoms with E-state index in [1.165, 1.54) is 0 Å². The normalized spacial score (nSPS) is 28.2. The predicted octanol–water partition coefficient (Wildman–Crippen LogP) is 2.73. The van der Waals surface area contributed by atoms with E-state index in [4.69, 9.17) is 0 Å². The molecular weight excluding hydrogens is 200 g/mol. The summed E-state index contributed by atoms with van der Waals surface area (Å²) in [6, 6.07) is 1.03. The summed E-state index contributed by atoms with van der Waals surface area (Å²) in [7, 11) is 0. The fourth-order valence-electron chi connectivity index (χ4n) is 2.41. The van der Waals surface area contributed by atoms with Crippen molar-refractivity contribution in [1.29, 1.82) is 0 Å². The van der Waals surface area contributed by atoms with E-state index >= 15 is 0 Å². The summed E-state index contributed by atoms with van der Waals surface area (Å²) in [5, 5.41) is 0. The fraction of sp³-hybridized carbons (Fsp3) is 1.00. The van der Waals surface area contributed by atoms with Gasteiger partial charge in [-0.1, -0.05) is 6.92 Å². The van der Waals surface area contributed by atoms with Gasteiger partial charge < -0.3 is 4.74 Å². The van der Waals surface area contributed by atoms with Crippen molar-refractivity contribution in [2.45, 2.75) is 52.3 Å². The molecule has 1 saturated heterocycles. The van der Waals surface area contributed by atoms with Gasteiger partial charge in [-0.15, -0.1) is 0 Å². The van der Waals surface area contributed by atoms with Gasteiger partial charge in [0.05, 0.1) is 6.61 Å². The second kappa shape index (κ2) is 5.75.